The van der Waals surface area contributed by atoms with E-state index in [-0.39, 0.29) is 5.41 Å². The average molecular weight is 328 g/mol. The molecule has 132 valence electrons. The van der Waals surface area contributed by atoms with Gasteiger partial charge >= 0.3 is 0 Å². The van der Waals surface area contributed by atoms with Gasteiger partial charge in [0, 0.05) is 17.5 Å². The number of hydrogen-bond donors (Lipinski definition) is 2. The molecule has 24 heavy (non-hydrogen) atoms. The highest BCUT2D eigenvalue weighted by Crippen LogP contribution is 2.66. The van der Waals surface area contributed by atoms with E-state index in [1.807, 2.05) is 6.07 Å². The summed E-state index contributed by atoms with van der Waals surface area (Å²) in [5, 5.41) is 14.4. The summed E-state index contributed by atoms with van der Waals surface area (Å²) in [4.78, 5) is 0. The molecule has 1 aromatic rings. The first-order valence-corrected chi connectivity index (χ1v) is 9.72. The number of phenols is 1. The molecule has 2 N–H and O–H groups in total. The van der Waals surface area contributed by atoms with Crippen LogP contribution in [0.2, 0.25) is 0 Å². The molecule has 1 saturated heterocycles. The zero-order chi connectivity index (χ0) is 17.3. The molecule has 2 fully saturated rings. The van der Waals surface area contributed by atoms with Crippen molar-refractivity contribution in [1.82, 2.24) is 5.32 Å². The molecule has 0 aromatic heterocycles. The Hall–Kier alpha value is -1.02. The van der Waals surface area contributed by atoms with Gasteiger partial charge in [-0.25, -0.2) is 0 Å². The van der Waals surface area contributed by atoms with E-state index in [2.05, 4.69) is 46.0 Å². The maximum atomic E-state index is 10.7. The Bertz CT molecular complexity index is 679. The van der Waals surface area contributed by atoms with Gasteiger partial charge in [-0.05, 0) is 79.0 Å². The highest BCUT2D eigenvalue weighted by Gasteiger charge is 2.60. The molecular weight excluding hydrogens is 294 g/mol. The first kappa shape index (κ1) is 16.4. The van der Waals surface area contributed by atoms with Crippen LogP contribution in [-0.2, 0) is 11.8 Å². The number of fused-ring (bicyclic) bond motifs is 5. The second kappa shape index (κ2) is 5.00. The lowest BCUT2D eigenvalue weighted by Crippen LogP contribution is -2.53. The van der Waals surface area contributed by atoms with Crippen molar-refractivity contribution in [2.75, 3.05) is 13.1 Å². The van der Waals surface area contributed by atoms with Crippen molar-refractivity contribution in [1.29, 1.82) is 0 Å². The predicted molar refractivity (Wildman–Crippen MR) is 99.5 cm³/mol. The van der Waals surface area contributed by atoms with E-state index in [1.54, 1.807) is 0 Å². The van der Waals surface area contributed by atoms with Crippen LogP contribution in [0, 0.1) is 29.6 Å². The lowest BCUT2D eigenvalue weighted by molar-refractivity contribution is -0.0569. The molecule has 2 aliphatic carbocycles. The van der Waals surface area contributed by atoms with Crippen LogP contribution < -0.4 is 5.32 Å². The Kier molecular flexibility index (Phi) is 3.43. The van der Waals surface area contributed by atoms with Crippen molar-refractivity contribution in [3.8, 4) is 5.75 Å². The molecule has 0 spiro atoms. The zero-order valence-electron chi connectivity index (χ0n) is 16.0. The number of hydrogen-bond acceptors (Lipinski definition) is 2. The van der Waals surface area contributed by atoms with Gasteiger partial charge in [-0.15, -0.1) is 0 Å². The van der Waals surface area contributed by atoms with Crippen LogP contribution in [0.3, 0.4) is 0 Å². The van der Waals surface area contributed by atoms with Gasteiger partial charge in [0.25, 0.3) is 0 Å². The molecule has 0 radical (unpaired) electrons. The fourth-order valence-electron chi connectivity index (χ4n) is 7.08. The third kappa shape index (κ3) is 2.05. The third-order valence-corrected chi connectivity index (χ3v) is 8.02. The molecule has 2 heteroatoms. The predicted octanol–water partition coefficient (Wildman–Crippen LogP) is 4.57. The highest BCUT2D eigenvalue weighted by atomic mass is 16.3. The molecule has 1 saturated carbocycles. The zero-order valence-corrected chi connectivity index (χ0v) is 16.0. The molecule has 0 unspecified atom stereocenters. The normalized spacial score (nSPS) is 40.4. The number of benzene rings is 1. The van der Waals surface area contributed by atoms with Crippen molar-refractivity contribution in [3.63, 3.8) is 0 Å². The molecule has 4 atom stereocenters. The van der Waals surface area contributed by atoms with Gasteiger partial charge in [0.2, 0.25) is 0 Å². The van der Waals surface area contributed by atoms with Crippen molar-refractivity contribution in [3.05, 3.63) is 28.8 Å². The summed E-state index contributed by atoms with van der Waals surface area (Å²) in [5.74, 6) is 1.95. The summed E-state index contributed by atoms with van der Waals surface area (Å²) in [6.07, 6.45) is 4.90. The monoisotopic (exact) mass is 327 g/mol. The van der Waals surface area contributed by atoms with Crippen molar-refractivity contribution < 1.29 is 5.11 Å². The molecule has 1 aliphatic heterocycles. The van der Waals surface area contributed by atoms with Crippen molar-refractivity contribution >= 4 is 0 Å². The second-order valence-corrected chi connectivity index (χ2v) is 10.0. The highest BCUT2D eigenvalue weighted by molar-refractivity contribution is 5.52. The maximum absolute atomic E-state index is 10.7. The Morgan fingerprint density at radius 3 is 2.58 bits per heavy atom. The van der Waals surface area contributed by atoms with E-state index in [0.29, 0.717) is 22.5 Å². The molecule has 3 aliphatic rings. The van der Waals surface area contributed by atoms with E-state index in [1.165, 1.54) is 36.0 Å². The maximum Gasteiger partial charge on any atom is 0.119 e. The molecule has 0 bridgehead atoms. The number of rotatable bonds is 0. The first-order valence-electron chi connectivity index (χ1n) is 9.72. The molecular formula is C22H33NO. The molecule has 1 aromatic carbocycles. The SMILES string of the molecule is Cc1cc(O)c2c(c1)C[C@@H]1[C@@]3(C)CCNCC(C)(C)[C@@H]3CC[C@@]21C. The van der Waals surface area contributed by atoms with E-state index in [4.69, 9.17) is 0 Å². The van der Waals surface area contributed by atoms with E-state index in [9.17, 15) is 5.11 Å². The summed E-state index contributed by atoms with van der Waals surface area (Å²) in [6.45, 7) is 14.3. The number of nitrogens with one attached hydrogen (secondary N) is 1. The van der Waals surface area contributed by atoms with Crippen molar-refractivity contribution in [2.24, 2.45) is 22.7 Å². The molecule has 4 rings (SSSR count). The Morgan fingerprint density at radius 2 is 1.83 bits per heavy atom. The molecule has 0 amide bonds. The fraction of sp³-hybridized carbons (Fsp3) is 0.727. The van der Waals surface area contributed by atoms with Crippen LogP contribution in [0.25, 0.3) is 0 Å². The fourth-order valence-corrected chi connectivity index (χ4v) is 7.08. The van der Waals surface area contributed by atoms with Crippen LogP contribution in [0.1, 0.15) is 63.6 Å². The van der Waals surface area contributed by atoms with E-state index >= 15 is 0 Å². The minimum absolute atomic E-state index is 0.138. The average Bonchev–Trinajstić information content (AvgIpc) is 2.71. The molecule has 1 heterocycles. The van der Waals surface area contributed by atoms with Crippen LogP contribution in [0.4, 0.5) is 0 Å². The summed E-state index contributed by atoms with van der Waals surface area (Å²) in [5.41, 5.74) is 4.71. The lowest BCUT2D eigenvalue weighted by atomic mass is 9.47. The van der Waals surface area contributed by atoms with E-state index in [0.717, 1.165) is 25.4 Å². The Labute approximate surface area is 147 Å². The van der Waals surface area contributed by atoms with Gasteiger partial charge in [0.1, 0.15) is 5.75 Å². The van der Waals surface area contributed by atoms with Crippen molar-refractivity contribution in [2.45, 2.75) is 65.7 Å². The quantitative estimate of drug-likeness (QED) is 0.732. The summed E-state index contributed by atoms with van der Waals surface area (Å²) >= 11 is 0. The summed E-state index contributed by atoms with van der Waals surface area (Å²) in [7, 11) is 0. The van der Waals surface area contributed by atoms with Crippen LogP contribution >= 0.6 is 0 Å². The molecule has 2 nitrogen and oxygen atoms in total. The number of phenolic OH excluding ortho intramolecular Hbond substituents is 1. The second-order valence-electron chi connectivity index (χ2n) is 10.0. The first-order chi connectivity index (χ1) is 11.2. The van der Waals surface area contributed by atoms with Gasteiger partial charge < -0.3 is 10.4 Å². The summed E-state index contributed by atoms with van der Waals surface area (Å²) < 4.78 is 0. The minimum Gasteiger partial charge on any atom is -0.508 e. The topological polar surface area (TPSA) is 32.3 Å². The van der Waals surface area contributed by atoms with E-state index < -0.39 is 0 Å². The smallest absolute Gasteiger partial charge is 0.119 e. The third-order valence-electron chi connectivity index (χ3n) is 8.02. The van der Waals surface area contributed by atoms with Gasteiger partial charge in [-0.2, -0.15) is 0 Å². The number of aryl methyl sites for hydroxylation is 1. The van der Waals surface area contributed by atoms with Gasteiger partial charge in [0.15, 0.2) is 0 Å². The van der Waals surface area contributed by atoms with Gasteiger partial charge in [-0.1, -0.05) is 33.8 Å². The Balaban J connectivity index is 1.84. The van der Waals surface area contributed by atoms with Gasteiger partial charge in [0.05, 0.1) is 0 Å². The van der Waals surface area contributed by atoms with Crippen LogP contribution in [-0.4, -0.2) is 18.2 Å². The largest absolute Gasteiger partial charge is 0.508 e. The van der Waals surface area contributed by atoms with Crippen LogP contribution in [0.5, 0.6) is 5.75 Å². The minimum atomic E-state index is 0.138. The lowest BCUT2D eigenvalue weighted by Gasteiger charge is -2.57. The standard InChI is InChI=1S/C22H33NO/c1-14-10-15-12-18-21(4)8-9-23-13-20(2,3)17(21)6-7-22(18,5)19(15)16(24)11-14/h10-11,17-18,23-24H,6-9,12-13H2,1-5H3/t17-,18+,21-,22+/m0/s1. The Morgan fingerprint density at radius 1 is 1.08 bits per heavy atom. The summed E-state index contributed by atoms with van der Waals surface area (Å²) in [6, 6.07) is 4.30. The van der Waals surface area contributed by atoms with Gasteiger partial charge in [-0.3, -0.25) is 0 Å². The van der Waals surface area contributed by atoms with Crippen LogP contribution in [0.15, 0.2) is 12.1 Å². The number of aromatic hydroxyl groups is 1.